The minimum atomic E-state index is 0.852. The molecule has 19 heavy (non-hydrogen) atoms. The van der Waals surface area contributed by atoms with Crippen LogP contribution in [0.4, 0.5) is 0 Å². The summed E-state index contributed by atoms with van der Waals surface area (Å²) in [5.74, 6) is 2.74. The fourth-order valence-electron chi connectivity index (χ4n) is 3.13. The smallest absolute Gasteiger partial charge is 0.0386 e. The zero-order valence-corrected chi connectivity index (χ0v) is 14.5. The van der Waals surface area contributed by atoms with Crippen molar-refractivity contribution < 1.29 is 0 Å². The van der Waals surface area contributed by atoms with E-state index in [0.29, 0.717) is 0 Å². The van der Waals surface area contributed by atoms with E-state index in [9.17, 15) is 0 Å². The van der Waals surface area contributed by atoms with E-state index in [1.165, 1.54) is 70.6 Å². The summed E-state index contributed by atoms with van der Waals surface area (Å²) in [6.07, 6.45) is 15.9. The van der Waals surface area contributed by atoms with Crippen LogP contribution in [0.25, 0.3) is 0 Å². The summed E-state index contributed by atoms with van der Waals surface area (Å²) in [6.45, 7) is 11.9. The van der Waals surface area contributed by atoms with Crippen LogP contribution in [-0.4, -0.2) is 0 Å². The van der Waals surface area contributed by atoms with Gasteiger partial charge in [-0.1, -0.05) is 105 Å². The Hall–Kier alpha value is 0. The molecular weight excluding hydrogens is 228 g/mol. The molecule has 0 heterocycles. The van der Waals surface area contributed by atoms with Crippen LogP contribution in [0.2, 0.25) is 0 Å². The van der Waals surface area contributed by atoms with Crippen molar-refractivity contribution in [2.24, 2.45) is 17.8 Å². The number of hydrogen-bond donors (Lipinski definition) is 0. The summed E-state index contributed by atoms with van der Waals surface area (Å²) in [5, 5.41) is 0. The molecule has 0 rings (SSSR count). The molecule has 0 aromatic rings. The molecule has 0 N–H and O–H groups in total. The maximum atomic E-state index is 2.47. The van der Waals surface area contributed by atoms with Gasteiger partial charge in [-0.3, -0.25) is 0 Å². The van der Waals surface area contributed by atoms with Gasteiger partial charge in [0.2, 0.25) is 0 Å². The van der Waals surface area contributed by atoms with Gasteiger partial charge >= 0.3 is 0 Å². The van der Waals surface area contributed by atoms with Crippen molar-refractivity contribution in [3.63, 3.8) is 0 Å². The zero-order chi connectivity index (χ0) is 14.5. The number of hydrogen-bond acceptors (Lipinski definition) is 0. The Morgan fingerprint density at radius 2 is 1.11 bits per heavy atom. The predicted molar refractivity (Wildman–Crippen MR) is 89.6 cm³/mol. The molecule has 0 radical (unpaired) electrons. The highest BCUT2D eigenvalue weighted by molar-refractivity contribution is 4.69. The molecule has 0 heteroatoms. The second-order valence-corrected chi connectivity index (χ2v) is 6.92. The standard InChI is InChI=1S/C19H40/c1-6-8-9-10-11-12-13-14-16-19(15-7-2)18(5)17(3)4/h17-19H,6-16H2,1-5H3. The lowest BCUT2D eigenvalue weighted by atomic mass is 9.79. The Morgan fingerprint density at radius 3 is 1.58 bits per heavy atom. The van der Waals surface area contributed by atoms with E-state index in [0.717, 1.165) is 17.8 Å². The Morgan fingerprint density at radius 1 is 0.579 bits per heavy atom. The summed E-state index contributed by atoms with van der Waals surface area (Å²) in [5.41, 5.74) is 0. The molecule has 0 saturated heterocycles. The number of rotatable bonds is 13. The predicted octanol–water partition coefficient (Wildman–Crippen LogP) is 7.23. The van der Waals surface area contributed by atoms with E-state index in [-0.39, 0.29) is 0 Å². The average Bonchev–Trinajstić information content (AvgIpc) is 2.39. The van der Waals surface area contributed by atoms with E-state index in [2.05, 4.69) is 34.6 Å². The molecule has 0 aliphatic heterocycles. The number of unbranched alkanes of at least 4 members (excludes halogenated alkanes) is 7. The normalized spacial score (nSPS) is 14.8. The largest absolute Gasteiger partial charge is 0.0654 e. The van der Waals surface area contributed by atoms with Crippen LogP contribution in [0.1, 0.15) is 105 Å². The lowest BCUT2D eigenvalue weighted by Crippen LogP contribution is -2.17. The first-order chi connectivity index (χ1) is 9.13. The molecule has 0 spiro atoms. The third-order valence-corrected chi connectivity index (χ3v) is 4.88. The summed E-state index contributed by atoms with van der Waals surface area (Å²) >= 11 is 0. The molecule has 0 aromatic heterocycles. The van der Waals surface area contributed by atoms with Crippen LogP contribution in [0.3, 0.4) is 0 Å². The van der Waals surface area contributed by atoms with Crippen molar-refractivity contribution >= 4 is 0 Å². The Bertz CT molecular complexity index is 171. The molecule has 0 bridgehead atoms. The Kier molecular flexibility index (Phi) is 13.0. The third kappa shape index (κ3) is 10.4. The highest BCUT2D eigenvalue weighted by atomic mass is 14.2. The van der Waals surface area contributed by atoms with Gasteiger partial charge in [-0.15, -0.1) is 0 Å². The minimum absolute atomic E-state index is 0.852. The van der Waals surface area contributed by atoms with Crippen LogP contribution in [0.15, 0.2) is 0 Å². The van der Waals surface area contributed by atoms with Gasteiger partial charge in [-0.2, -0.15) is 0 Å². The molecule has 0 aromatic carbocycles. The first-order valence-electron chi connectivity index (χ1n) is 9.13. The van der Waals surface area contributed by atoms with Crippen LogP contribution in [0.5, 0.6) is 0 Å². The third-order valence-electron chi connectivity index (χ3n) is 4.88. The van der Waals surface area contributed by atoms with Crippen LogP contribution < -0.4 is 0 Å². The second-order valence-electron chi connectivity index (χ2n) is 6.92. The second kappa shape index (κ2) is 13.0. The van der Waals surface area contributed by atoms with Gasteiger partial charge in [-0.25, -0.2) is 0 Å². The van der Waals surface area contributed by atoms with E-state index >= 15 is 0 Å². The average molecular weight is 269 g/mol. The highest BCUT2D eigenvalue weighted by Gasteiger charge is 2.18. The molecule has 0 aliphatic carbocycles. The SMILES string of the molecule is CCCCCCCCCCC(CCC)C(C)C(C)C. The maximum Gasteiger partial charge on any atom is -0.0386 e. The lowest BCUT2D eigenvalue weighted by molar-refractivity contribution is 0.240. The first kappa shape index (κ1) is 19.0. The summed E-state index contributed by atoms with van der Waals surface area (Å²) in [7, 11) is 0. The highest BCUT2D eigenvalue weighted by Crippen LogP contribution is 2.29. The van der Waals surface area contributed by atoms with Gasteiger partial charge in [0.25, 0.3) is 0 Å². The molecule has 2 unspecified atom stereocenters. The van der Waals surface area contributed by atoms with Crippen molar-refractivity contribution in [1.29, 1.82) is 0 Å². The Balaban J connectivity index is 3.59. The van der Waals surface area contributed by atoms with E-state index in [1.54, 1.807) is 0 Å². The molecule has 0 saturated carbocycles. The molecule has 0 nitrogen and oxygen atoms in total. The lowest BCUT2D eigenvalue weighted by Gasteiger charge is -2.26. The van der Waals surface area contributed by atoms with E-state index < -0.39 is 0 Å². The fourth-order valence-corrected chi connectivity index (χ4v) is 3.13. The summed E-state index contributed by atoms with van der Waals surface area (Å²) in [4.78, 5) is 0. The van der Waals surface area contributed by atoms with Crippen molar-refractivity contribution in [3.05, 3.63) is 0 Å². The van der Waals surface area contributed by atoms with Crippen molar-refractivity contribution in [2.75, 3.05) is 0 Å². The van der Waals surface area contributed by atoms with Crippen molar-refractivity contribution in [1.82, 2.24) is 0 Å². The van der Waals surface area contributed by atoms with E-state index in [4.69, 9.17) is 0 Å². The molecule has 0 amide bonds. The van der Waals surface area contributed by atoms with E-state index in [1.807, 2.05) is 0 Å². The summed E-state index contributed by atoms with van der Waals surface area (Å²) in [6, 6.07) is 0. The van der Waals surface area contributed by atoms with Crippen LogP contribution >= 0.6 is 0 Å². The van der Waals surface area contributed by atoms with Crippen LogP contribution in [0, 0.1) is 17.8 Å². The molecule has 2 atom stereocenters. The van der Waals surface area contributed by atoms with Gasteiger partial charge in [0.05, 0.1) is 0 Å². The van der Waals surface area contributed by atoms with Crippen molar-refractivity contribution in [3.8, 4) is 0 Å². The van der Waals surface area contributed by atoms with Gasteiger partial charge in [0.1, 0.15) is 0 Å². The minimum Gasteiger partial charge on any atom is -0.0654 e. The summed E-state index contributed by atoms with van der Waals surface area (Å²) < 4.78 is 0. The fraction of sp³-hybridized carbons (Fsp3) is 1.00. The monoisotopic (exact) mass is 268 g/mol. The molecule has 116 valence electrons. The van der Waals surface area contributed by atoms with Gasteiger partial charge in [0, 0.05) is 0 Å². The van der Waals surface area contributed by atoms with Gasteiger partial charge in [-0.05, 0) is 17.8 Å². The van der Waals surface area contributed by atoms with Crippen molar-refractivity contribution in [2.45, 2.75) is 105 Å². The first-order valence-corrected chi connectivity index (χ1v) is 9.13. The van der Waals surface area contributed by atoms with Gasteiger partial charge < -0.3 is 0 Å². The molecule has 0 aliphatic rings. The van der Waals surface area contributed by atoms with Gasteiger partial charge in [0.15, 0.2) is 0 Å². The molecule has 0 fully saturated rings. The zero-order valence-electron chi connectivity index (χ0n) is 14.5. The Labute approximate surface area is 123 Å². The molecular formula is C19H40. The quantitative estimate of drug-likeness (QED) is 0.309. The maximum absolute atomic E-state index is 2.47. The van der Waals surface area contributed by atoms with Crippen LogP contribution in [-0.2, 0) is 0 Å². The topological polar surface area (TPSA) is 0 Å².